The molecule has 1 aliphatic heterocycles. The van der Waals surface area contributed by atoms with Gasteiger partial charge in [0.15, 0.2) is 0 Å². The number of rotatable bonds is 7. The number of methoxy groups -OCH3 is 1. The van der Waals surface area contributed by atoms with Gasteiger partial charge in [0.2, 0.25) is 15.9 Å². The fraction of sp³-hybridized carbons (Fsp3) is 0.333. The van der Waals surface area contributed by atoms with Crippen molar-refractivity contribution < 1.29 is 22.7 Å². The smallest absolute Gasteiger partial charge is 0.251 e. The zero-order valence-corrected chi connectivity index (χ0v) is 18.0. The van der Waals surface area contributed by atoms with Crippen molar-refractivity contribution >= 4 is 27.5 Å². The number of benzene rings is 2. The number of amides is 2. The summed E-state index contributed by atoms with van der Waals surface area (Å²) >= 11 is 0. The number of sulfonamides is 1. The minimum atomic E-state index is -3.62. The third-order valence-corrected chi connectivity index (χ3v) is 6.71. The topological polar surface area (TPSA) is 96.0 Å². The molecule has 3 rings (SSSR count). The predicted molar refractivity (Wildman–Crippen MR) is 114 cm³/mol. The van der Waals surface area contributed by atoms with Crippen molar-refractivity contribution in [2.45, 2.75) is 12.5 Å². The lowest BCUT2D eigenvalue weighted by Gasteiger charge is -2.25. The summed E-state index contributed by atoms with van der Waals surface area (Å²) < 4.78 is 30.0. The average molecular weight is 432 g/mol. The molecule has 160 valence electrons. The number of hydrogen-bond donors (Lipinski definition) is 1. The van der Waals surface area contributed by atoms with Gasteiger partial charge in [-0.15, -0.1) is 0 Å². The van der Waals surface area contributed by atoms with Crippen LogP contribution in [0.5, 0.6) is 5.75 Å². The molecule has 1 N–H and O–H groups in total. The molecular weight excluding hydrogens is 406 g/mol. The van der Waals surface area contributed by atoms with Crippen LogP contribution >= 0.6 is 0 Å². The minimum absolute atomic E-state index is 0.0259. The molecule has 9 heteroatoms. The number of anilines is 1. The molecule has 0 bridgehead atoms. The lowest BCUT2D eigenvalue weighted by molar-refractivity contribution is -0.116. The van der Waals surface area contributed by atoms with Crippen LogP contribution < -0.4 is 14.4 Å². The van der Waals surface area contributed by atoms with Crippen LogP contribution in [-0.4, -0.2) is 58.6 Å². The molecule has 30 heavy (non-hydrogen) atoms. The van der Waals surface area contributed by atoms with Gasteiger partial charge in [0.25, 0.3) is 5.91 Å². The van der Waals surface area contributed by atoms with Crippen molar-refractivity contribution in [2.24, 2.45) is 0 Å². The van der Waals surface area contributed by atoms with Crippen LogP contribution in [0, 0.1) is 0 Å². The van der Waals surface area contributed by atoms with Gasteiger partial charge in [0.1, 0.15) is 5.75 Å². The van der Waals surface area contributed by atoms with Crippen LogP contribution in [0.3, 0.4) is 0 Å². The van der Waals surface area contributed by atoms with Gasteiger partial charge in [-0.2, -0.15) is 0 Å². The van der Waals surface area contributed by atoms with Crippen molar-refractivity contribution in [1.29, 1.82) is 0 Å². The molecule has 0 aliphatic carbocycles. The van der Waals surface area contributed by atoms with E-state index in [2.05, 4.69) is 5.32 Å². The Morgan fingerprint density at radius 1 is 1.13 bits per heavy atom. The largest absolute Gasteiger partial charge is 0.497 e. The molecule has 0 radical (unpaired) electrons. The van der Waals surface area contributed by atoms with E-state index in [1.54, 1.807) is 7.11 Å². The van der Waals surface area contributed by atoms with Gasteiger partial charge in [-0.05, 0) is 56.1 Å². The molecule has 8 nitrogen and oxygen atoms in total. The first-order valence-electron chi connectivity index (χ1n) is 9.47. The quantitative estimate of drug-likeness (QED) is 0.718. The van der Waals surface area contributed by atoms with Gasteiger partial charge in [-0.1, -0.05) is 12.1 Å². The maximum absolute atomic E-state index is 12.6. The summed E-state index contributed by atoms with van der Waals surface area (Å²) in [5, 5.41) is 2.91. The van der Waals surface area contributed by atoms with E-state index >= 15 is 0 Å². The average Bonchev–Trinajstić information content (AvgIpc) is 3.00. The number of carbonyl (C=O) groups excluding carboxylic acids is 2. The van der Waals surface area contributed by atoms with E-state index in [-0.39, 0.29) is 29.8 Å². The number of nitrogens with zero attached hydrogens (tertiary/aromatic N) is 2. The lowest BCUT2D eigenvalue weighted by atomic mass is 10.1. The number of carbonyl (C=O) groups is 2. The number of likely N-dealkylation sites (N-methyl/N-ethyl adjacent to an activating group) is 1. The van der Waals surface area contributed by atoms with E-state index in [1.165, 1.54) is 24.3 Å². The second-order valence-corrected chi connectivity index (χ2v) is 9.17. The first kappa shape index (κ1) is 21.8. The van der Waals surface area contributed by atoms with Gasteiger partial charge >= 0.3 is 0 Å². The van der Waals surface area contributed by atoms with Crippen LogP contribution in [0.25, 0.3) is 0 Å². The highest BCUT2D eigenvalue weighted by atomic mass is 32.2. The molecule has 2 amide bonds. The number of hydrogen-bond acceptors (Lipinski definition) is 6. The molecule has 0 spiro atoms. The summed E-state index contributed by atoms with van der Waals surface area (Å²) in [6.07, 6.45) is -0.0259. The van der Waals surface area contributed by atoms with Crippen molar-refractivity contribution in [3.8, 4) is 5.75 Å². The van der Waals surface area contributed by atoms with E-state index in [1.807, 2.05) is 43.3 Å². The second-order valence-electron chi connectivity index (χ2n) is 7.23. The van der Waals surface area contributed by atoms with Crippen LogP contribution in [0.1, 0.15) is 28.4 Å². The fourth-order valence-corrected chi connectivity index (χ4v) is 4.79. The molecule has 1 aliphatic rings. The van der Waals surface area contributed by atoms with E-state index in [4.69, 9.17) is 4.74 Å². The van der Waals surface area contributed by atoms with Crippen molar-refractivity contribution in [3.63, 3.8) is 0 Å². The molecule has 0 aromatic heterocycles. The van der Waals surface area contributed by atoms with Crippen molar-refractivity contribution in [2.75, 3.05) is 37.8 Å². The summed E-state index contributed by atoms with van der Waals surface area (Å²) in [6, 6.07) is 13.6. The minimum Gasteiger partial charge on any atom is -0.497 e. The van der Waals surface area contributed by atoms with Gasteiger partial charge in [-0.25, -0.2) is 12.7 Å². The lowest BCUT2D eigenvalue weighted by Crippen LogP contribution is -2.34. The Morgan fingerprint density at radius 2 is 1.77 bits per heavy atom. The Kier molecular flexibility index (Phi) is 6.42. The molecule has 1 fully saturated rings. The maximum atomic E-state index is 12.6. The highest BCUT2D eigenvalue weighted by molar-refractivity contribution is 7.94. The Bertz CT molecular complexity index is 1020. The molecule has 0 saturated carbocycles. The van der Waals surface area contributed by atoms with Gasteiger partial charge in [-0.3, -0.25) is 9.59 Å². The Labute approximate surface area is 176 Å². The van der Waals surface area contributed by atoms with Crippen LogP contribution in [0.2, 0.25) is 0 Å². The Hall–Kier alpha value is -2.91. The standard InChI is InChI=1S/C21H25N3O5S/c1-23(2)19(15-6-10-18(29-3)11-7-15)14-22-21(26)16-4-8-17(9-5-16)24-20(25)12-13-30(24,27)28/h4-11,19H,12-14H2,1-3H3,(H,22,26). The SMILES string of the molecule is COc1ccc(C(CNC(=O)c2ccc(N3C(=O)CCS3(=O)=O)cc2)N(C)C)cc1. The molecule has 2 aromatic carbocycles. The van der Waals surface area contributed by atoms with Gasteiger partial charge < -0.3 is 15.0 Å². The molecular formula is C21H25N3O5S. The van der Waals surface area contributed by atoms with Crippen LogP contribution in [-0.2, 0) is 14.8 Å². The number of ether oxygens (including phenoxy) is 1. The van der Waals surface area contributed by atoms with Crippen LogP contribution in [0.15, 0.2) is 48.5 Å². The van der Waals surface area contributed by atoms with E-state index in [0.29, 0.717) is 12.1 Å². The Balaban J connectivity index is 1.68. The second kappa shape index (κ2) is 8.85. The predicted octanol–water partition coefficient (Wildman–Crippen LogP) is 1.79. The third-order valence-electron chi connectivity index (χ3n) is 5.02. The van der Waals surface area contributed by atoms with Gasteiger partial charge in [0.05, 0.1) is 24.6 Å². The summed E-state index contributed by atoms with van der Waals surface area (Å²) in [5.74, 6) is -0.164. The van der Waals surface area contributed by atoms with E-state index in [0.717, 1.165) is 15.6 Å². The van der Waals surface area contributed by atoms with Gasteiger partial charge in [0, 0.05) is 18.5 Å². The first-order chi connectivity index (χ1) is 14.2. The number of nitrogens with one attached hydrogen (secondary N) is 1. The maximum Gasteiger partial charge on any atom is 0.251 e. The third kappa shape index (κ3) is 4.63. The molecule has 1 heterocycles. The Morgan fingerprint density at radius 3 is 2.27 bits per heavy atom. The zero-order chi connectivity index (χ0) is 21.9. The molecule has 1 saturated heterocycles. The molecule has 2 aromatic rings. The highest BCUT2D eigenvalue weighted by Gasteiger charge is 2.36. The van der Waals surface area contributed by atoms with E-state index in [9.17, 15) is 18.0 Å². The van der Waals surface area contributed by atoms with Crippen molar-refractivity contribution in [1.82, 2.24) is 10.2 Å². The van der Waals surface area contributed by atoms with E-state index < -0.39 is 15.9 Å². The summed E-state index contributed by atoms with van der Waals surface area (Å²) in [5.41, 5.74) is 1.67. The summed E-state index contributed by atoms with van der Waals surface area (Å²) in [7, 11) is 1.86. The van der Waals surface area contributed by atoms with Crippen LogP contribution in [0.4, 0.5) is 5.69 Å². The normalized spacial score (nSPS) is 16.5. The first-order valence-corrected chi connectivity index (χ1v) is 11.1. The summed E-state index contributed by atoms with van der Waals surface area (Å²) in [4.78, 5) is 26.5. The monoisotopic (exact) mass is 431 g/mol. The zero-order valence-electron chi connectivity index (χ0n) is 17.2. The molecule has 1 unspecified atom stereocenters. The molecule has 1 atom stereocenters. The fourth-order valence-electron chi connectivity index (χ4n) is 3.33. The highest BCUT2D eigenvalue weighted by Crippen LogP contribution is 2.25. The van der Waals surface area contributed by atoms with Crippen molar-refractivity contribution in [3.05, 3.63) is 59.7 Å². The summed E-state index contributed by atoms with van der Waals surface area (Å²) in [6.45, 7) is 0.388.